The summed E-state index contributed by atoms with van der Waals surface area (Å²) in [7, 11) is 0. The molecule has 0 radical (unpaired) electrons. The molecule has 4 rings (SSSR count). The van der Waals surface area contributed by atoms with Crippen molar-refractivity contribution in [3.05, 3.63) is 35.5 Å². The summed E-state index contributed by atoms with van der Waals surface area (Å²) in [6.07, 6.45) is 7.95. The van der Waals surface area contributed by atoms with Crippen molar-refractivity contribution < 1.29 is 0 Å². The molecule has 0 amide bonds. The molecule has 2 nitrogen and oxygen atoms in total. The van der Waals surface area contributed by atoms with Gasteiger partial charge in [0.15, 0.2) is 0 Å². The predicted molar refractivity (Wildman–Crippen MR) is 84.2 cm³/mol. The predicted octanol–water partition coefficient (Wildman–Crippen LogP) is 4.07. The molecule has 0 spiro atoms. The van der Waals surface area contributed by atoms with Crippen molar-refractivity contribution in [2.24, 2.45) is 11.8 Å². The topological polar surface area (TPSA) is 17.0 Å². The molecule has 2 saturated carbocycles. The van der Waals surface area contributed by atoms with Crippen LogP contribution in [0.25, 0.3) is 10.9 Å². The van der Waals surface area contributed by atoms with Gasteiger partial charge >= 0.3 is 0 Å². The Morgan fingerprint density at radius 2 is 1.90 bits per heavy atom. The molecule has 3 heteroatoms. The Morgan fingerprint density at radius 1 is 1.15 bits per heavy atom. The van der Waals surface area contributed by atoms with Crippen molar-refractivity contribution in [3.8, 4) is 0 Å². The highest BCUT2D eigenvalue weighted by Crippen LogP contribution is 2.44. The number of halogens is 1. The van der Waals surface area contributed by atoms with Gasteiger partial charge in [-0.25, -0.2) is 0 Å². The molecule has 0 saturated heterocycles. The summed E-state index contributed by atoms with van der Waals surface area (Å²) in [5.74, 6) is 1.95. The van der Waals surface area contributed by atoms with Gasteiger partial charge in [-0.2, -0.15) is 0 Å². The number of hydrogen-bond acceptors (Lipinski definition) is 1. The maximum atomic E-state index is 6.04. The highest BCUT2D eigenvalue weighted by molar-refractivity contribution is 6.31. The number of hydrogen-bond donors (Lipinski definition) is 1. The average Bonchev–Trinajstić information content (AvgIpc) is 3.33. The monoisotopic (exact) mass is 288 g/mol. The van der Waals surface area contributed by atoms with E-state index in [0.717, 1.165) is 36.0 Å². The molecule has 2 aromatic rings. The maximum absolute atomic E-state index is 6.04. The summed E-state index contributed by atoms with van der Waals surface area (Å²) in [5, 5.41) is 5.86. The van der Waals surface area contributed by atoms with E-state index in [1.807, 2.05) is 12.1 Å². The summed E-state index contributed by atoms with van der Waals surface area (Å²) in [5.41, 5.74) is 1.28. The Hall–Kier alpha value is -0.990. The Kier molecular flexibility index (Phi) is 3.24. The SMILES string of the molecule is Clc1ccc2c(ccn2CCNC(C2CC2)C2CC2)c1. The highest BCUT2D eigenvalue weighted by Gasteiger charge is 2.40. The molecule has 1 N–H and O–H groups in total. The minimum absolute atomic E-state index is 0.797. The smallest absolute Gasteiger partial charge is 0.0481 e. The van der Waals surface area contributed by atoms with Crippen LogP contribution in [0, 0.1) is 11.8 Å². The van der Waals surface area contributed by atoms with Gasteiger partial charge in [-0.15, -0.1) is 0 Å². The Morgan fingerprint density at radius 3 is 2.60 bits per heavy atom. The molecule has 2 aliphatic rings. The van der Waals surface area contributed by atoms with Crippen LogP contribution >= 0.6 is 11.6 Å². The zero-order chi connectivity index (χ0) is 13.5. The van der Waals surface area contributed by atoms with Gasteiger partial charge in [-0.05, 0) is 61.8 Å². The third-order valence-electron chi connectivity index (χ3n) is 4.73. The zero-order valence-electron chi connectivity index (χ0n) is 11.7. The third-order valence-corrected chi connectivity index (χ3v) is 4.96. The molecule has 0 bridgehead atoms. The van der Waals surface area contributed by atoms with E-state index in [1.165, 1.54) is 36.6 Å². The van der Waals surface area contributed by atoms with E-state index < -0.39 is 0 Å². The van der Waals surface area contributed by atoms with E-state index in [0.29, 0.717) is 0 Å². The molecule has 1 heterocycles. The van der Waals surface area contributed by atoms with Gasteiger partial charge in [0.05, 0.1) is 0 Å². The van der Waals surface area contributed by atoms with Gasteiger partial charge < -0.3 is 9.88 Å². The largest absolute Gasteiger partial charge is 0.346 e. The van der Waals surface area contributed by atoms with Crippen molar-refractivity contribution >= 4 is 22.5 Å². The van der Waals surface area contributed by atoms with E-state index >= 15 is 0 Å². The summed E-state index contributed by atoms with van der Waals surface area (Å²) >= 11 is 6.04. The first-order valence-corrected chi connectivity index (χ1v) is 8.17. The number of nitrogens with zero attached hydrogens (tertiary/aromatic N) is 1. The van der Waals surface area contributed by atoms with Gasteiger partial charge in [-0.1, -0.05) is 11.6 Å². The van der Waals surface area contributed by atoms with Crippen molar-refractivity contribution in [1.82, 2.24) is 9.88 Å². The fourth-order valence-corrected chi connectivity index (χ4v) is 3.53. The molecule has 2 aliphatic carbocycles. The zero-order valence-corrected chi connectivity index (χ0v) is 12.4. The van der Waals surface area contributed by atoms with Crippen molar-refractivity contribution in [3.63, 3.8) is 0 Å². The van der Waals surface area contributed by atoms with Gasteiger partial charge in [0.2, 0.25) is 0 Å². The van der Waals surface area contributed by atoms with E-state index in [2.05, 4.69) is 28.2 Å². The van der Waals surface area contributed by atoms with Crippen LogP contribution in [0.2, 0.25) is 5.02 Å². The minimum Gasteiger partial charge on any atom is -0.346 e. The number of benzene rings is 1. The van der Waals surface area contributed by atoms with Crippen LogP contribution in [0.15, 0.2) is 30.5 Å². The Bertz CT molecular complexity index is 598. The van der Waals surface area contributed by atoms with Crippen LogP contribution in [-0.4, -0.2) is 17.2 Å². The molecule has 0 atom stereocenters. The first kappa shape index (κ1) is 12.7. The molecule has 0 unspecified atom stereocenters. The second kappa shape index (κ2) is 5.09. The maximum Gasteiger partial charge on any atom is 0.0481 e. The van der Waals surface area contributed by atoms with E-state index in [1.54, 1.807) is 0 Å². The van der Waals surface area contributed by atoms with E-state index in [9.17, 15) is 0 Å². The van der Waals surface area contributed by atoms with E-state index in [4.69, 9.17) is 11.6 Å². The molecule has 1 aromatic carbocycles. The normalized spacial score (nSPS) is 19.1. The van der Waals surface area contributed by atoms with Gasteiger partial charge in [-0.3, -0.25) is 0 Å². The van der Waals surface area contributed by atoms with Crippen molar-refractivity contribution in [1.29, 1.82) is 0 Å². The second-order valence-electron chi connectivity index (χ2n) is 6.37. The van der Waals surface area contributed by atoms with Crippen LogP contribution in [0.4, 0.5) is 0 Å². The van der Waals surface area contributed by atoms with Crippen LogP contribution in [0.5, 0.6) is 0 Å². The summed E-state index contributed by atoms with van der Waals surface area (Å²) in [6, 6.07) is 9.09. The lowest BCUT2D eigenvalue weighted by atomic mass is 10.1. The van der Waals surface area contributed by atoms with Gasteiger partial charge in [0.25, 0.3) is 0 Å². The standard InChI is InChI=1S/C17H21ClN2/c18-15-5-6-16-14(11-15)7-9-20(16)10-8-19-17(12-1-2-12)13-3-4-13/h5-7,9,11-13,17,19H,1-4,8,10H2. The van der Waals surface area contributed by atoms with Crippen LogP contribution < -0.4 is 5.32 Å². The Labute approximate surface area is 125 Å². The number of nitrogens with one attached hydrogen (secondary N) is 1. The van der Waals surface area contributed by atoms with Crippen LogP contribution in [-0.2, 0) is 6.54 Å². The van der Waals surface area contributed by atoms with Crippen molar-refractivity contribution in [2.45, 2.75) is 38.3 Å². The van der Waals surface area contributed by atoms with Crippen LogP contribution in [0.3, 0.4) is 0 Å². The molecule has 1 aromatic heterocycles. The summed E-state index contributed by atoms with van der Waals surface area (Å²) < 4.78 is 2.33. The van der Waals surface area contributed by atoms with Crippen LogP contribution in [0.1, 0.15) is 25.7 Å². The Balaban J connectivity index is 1.40. The summed E-state index contributed by atoms with van der Waals surface area (Å²) in [6.45, 7) is 2.12. The van der Waals surface area contributed by atoms with Crippen molar-refractivity contribution in [2.75, 3.05) is 6.54 Å². The lowest BCUT2D eigenvalue weighted by Crippen LogP contribution is -2.35. The summed E-state index contributed by atoms with van der Waals surface area (Å²) in [4.78, 5) is 0. The highest BCUT2D eigenvalue weighted by atomic mass is 35.5. The van der Waals surface area contributed by atoms with Gasteiger partial charge in [0.1, 0.15) is 0 Å². The molecule has 0 aliphatic heterocycles. The quantitative estimate of drug-likeness (QED) is 0.848. The lowest BCUT2D eigenvalue weighted by molar-refractivity contribution is 0.408. The third kappa shape index (κ3) is 2.59. The number of fused-ring (bicyclic) bond motifs is 1. The molecule has 20 heavy (non-hydrogen) atoms. The number of aromatic nitrogens is 1. The van der Waals surface area contributed by atoms with Gasteiger partial charge in [0, 0.05) is 41.3 Å². The lowest BCUT2D eigenvalue weighted by Gasteiger charge is -2.18. The minimum atomic E-state index is 0.797. The fourth-order valence-electron chi connectivity index (χ4n) is 3.35. The molecular weight excluding hydrogens is 268 g/mol. The molecular formula is C17H21ClN2. The molecule has 2 fully saturated rings. The van der Waals surface area contributed by atoms with E-state index in [-0.39, 0.29) is 0 Å². The number of rotatable bonds is 6. The second-order valence-corrected chi connectivity index (χ2v) is 6.80. The first-order valence-electron chi connectivity index (χ1n) is 7.79. The fraction of sp³-hybridized carbons (Fsp3) is 0.529. The first-order chi connectivity index (χ1) is 9.81. The molecule has 106 valence electrons. The average molecular weight is 289 g/mol.